The van der Waals surface area contributed by atoms with E-state index in [-0.39, 0.29) is 17.9 Å². The van der Waals surface area contributed by atoms with Crippen LogP contribution in [0.3, 0.4) is 0 Å². The number of nitrogens with zero attached hydrogens (tertiary/aromatic N) is 5. The van der Waals surface area contributed by atoms with Crippen molar-refractivity contribution in [3.63, 3.8) is 0 Å². The molecule has 42 heavy (non-hydrogen) atoms. The molecule has 0 radical (unpaired) electrons. The Morgan fingerprint density at radius 1 is 1.02 bits per heavy atom. The van der Waals surface area contributed by atoms with Crippen LogP contribution < -0.4 is 10.2 Å². The zero-order valence-corrected chi connectivity index (χ0v) is 24.8. The van der Waals surface area contributed by atoms with Crippen LogP contribution in [-0.2, 0) is 11.3 Å². The van der Waals surface area contributed by atoms with E-state index in [1.165, 1.54) is 5.56 Å². The van der Waals surface area contributed by atoms with Crippen LogP contribution in [0.1, 0.15) is 30.9 Å². The van der Waals surface area contributed by atoms with Crippen molar-refractivity contribution >= 4 is 34.2 Å². The fourth-order valence-corrected chi connectivity index (χ4v) is 5.81. The van der Waals surface area contributed by atoms with E-state index in [0.29, 0.717) is 24.7 Å². The Hall–Kier alpha value is -4.14. The minimum atomic E-state index is -0.260. The van der Waals surface area contributed by atoms with Crippen LogP contribution in [0.2, 0.25) is 5.02 Å². The monoisotopic (exact) mass is 581 g/mol. The molecule has 3 aromatic heterocycles. The van der Waals surface area contributed by atoms with Crippen LogP contribution in [-0.4, -0.2) is 69.3 Å². The molecule has 2 N–H and O–H groups in total. The second kappa shape index (κ2) is 12.4. The fraction of sp³-hybridized carbons (Fsp3) is 0.303. The number of amides is 1. The maximum atomic E-state index is 13.9. The molecule has 1 unspecified atom stereocenters. The summed E-state index contributed by atoms with van der Waals surface area (Å²) in [6.07, 6.45) is 7.67. The number of fused-ring (bicyclic) bond motifs is 1. The van der Waals surface area contributed by atoms with Gasteiger partial charge in [-0.2, -0.15) is 5.10 Å². The number of H-pyrrole nitrogens is 1. The maximum Gasteiger partial charge on any atom is 0.231 e. The quantitative estimate of drug-likeness (QED) is 0.238. The molecule has 1 fully saturated rings. The molecule has 0 bridgehead atoms. The van der Waals surface area contributed by atoms with Crippen molar-refractivity contribution in [2.45, 2.75) is 32.4 Å². The van der Waals surface area contributed by atoms with Gasteiger partial charge in [-0.15, -0.1) is 0 Å². The SMILES string of the molecule is CC(C)NCC(C(=O)N1CCN(c2c(-c3ccc(Cn4cccn4)cc3)cnc3[nH]ccc23)CC1)c1ccc(Cl)cc1. The molecular weight excluding hydrogens is 546 g/mol. The van der Waals surface area contributed by atoms with Crippen molar-refractivity contribution in [1.82, 2.24) is 30.0 Å². The van der Waals surface area contributed by atoms with Crippen LogP contribution in [0.4, 0.5) is 5.69 Å². The van der Waals surface area contributed by atoms with E-state index < -0.39 is 0 Å². The number of hydrogen-bond acceptors (Lipinski definition) is 5. The molecule has 6 rings (SSSR count). The largest absolute Gasteiger partial charge is 0.367 e. The van der Waals surface area contributed by atoms with Crippen LogP contribution in [0.15, 0.2) is 85.5 Å². The van der Waals surface area contributed by atoms with Gasteiger partial charge in [0.15, 0.2) is 0 Å². The van der Waals surface area contributed by atoms with Gasteiger partial charge >= 0.3 is 0 Å². The lowest BCUT2D eigenvalue weighted by atomic mass is 9.96. The predicted molar refractivity (Wildman–Crippen MR) is 169 cm³/mol. The van der Waals surface area contributed by atoms with Gasteiger partial charge < -0.3 is 20.1 Å². The fourth-order valence-electron chi connectivity index (χ4n) is 5.68. The van der Waals surface area contributed by atoms with Gasteiger partial charge in [0, 0.05) is 79.5 Å². The van der Waals surface area contributed by atoms with Gasteiger partial charge in [0.25, 0.3) is 0 Å². The number of aromatic amines is 1. The summed E-state index contributed by atoms with van der Waals surface area (Å²) in [5, 5.41) is 9.55. The van der Waals surface area contributed by atoms with E-state index in [0.717, 1.165) is 53.0 Å². The molecular formula is C33H36ClN7O. The molecule has 9 heteroatoms. The average molecular weight is 582 g/mol. The molecule has 0 aliphatic carbocycles. The first-order valence-corrected chi connectivity index (χ1v) is 14.9. The van der Waals surface area contributed by atoms with Gasteiger partial charge in [-0.25, -0.2) is 4.98 Å². The summed E-state index contributed by atoms with van der Waals surface area (Å²) < 4.78 is 1.92. The summed E-state index contributed by atoms with van der Waals surface area (Å²) in [5.41, 5.74) is 6.41. The number of benzene rings is 2. The third-order valence-corrected chi connectivity index (χ3v) is 8.19. The Morgan fingerprint density at radius 3 is 2.48 bits per heavy atom. The Bertz CT molecular complexity index is 1620. The molecule has 4 heterocycles. The van der Waals surface area contributed by atoms with Crippen LogP contribution in [0.5, 0.6) is 0 Å². The second-order valence-electron chi connectivity index (χ2n) is 11.1. The van der Waals surface area contributed by atoms with Gasteiger partial charge in [0.05, 0.1) is 18.2 Å². The van der Waals surface area contributed by atoms with Gasteiger partial charge in [-0.05, 0) is 41.0 Å². The van der Waals surface area contributed by atoms with E-state index >= 15 is 0 Å². The van der Waals surface area contributed by atoms with Crippen LogP contribution >= 0.6 is 11.6 Å². The number of hydrogen-bond donors (Lipinski definition) is 2. The number of piperazine rings is 1. The first kappa shape index (κ1) is 28.0. The smallest absolute Gasteiger partial charge is 0.231 e. The summed E-state index contributed by atoms with van der Waals surface area (Å²) in [6.45, 7) is 8.31. The van der Waals surface area contributed by atoms with Gasteiger partial charge in [0.1, 0.15) is 5.65 Å². The molecule has 0 saturated carbocycles. The lowest BCUT2D eigenvalue weighted by Crippen LogP contribution is -2.51. The Morgan fingerprint density at radius 2 is 1.79 bits per heavy atom. The van der Waals surface area contributed by atoms with E-state index in [1.807, 2.05) is 58.5 Å². The number of halogens is 1. The topological polar surface area (TPSA) is 82.1 Å². The summed E-state index contributed by atoms with van der Waals surface area (Å²) in [4.78, 5) is 26.3. The summed E-state index contributed by atoms with van der Waals surface area (Å²) in [5.74, 6) is -0.107. The predicted octanol–water partition coefficient (Wildman–Crippen LogP) is 5.56. The number of aromatic nitrogens is 4. The number of anilines is 1. The highest BCUT2D eigenvalue weighted by atomic mass is 35.5. The molecule has 0 spiro atoms. The molecule has 1 aliphatic rings. The van der Waals surface area contributed by atoms with Crippen molar-refractivity contribution in [1.29, 1.82) is 0 Å². The standard InChI is InChI=1S/C33H36ClN7O/c1-23(2)36-21-30(26-8-10-27(34)11-9-26)33(42)40-18-16-39(17-19-40)31-28-12-14-35-32(28)37-20-29(31)25-6-4-24(5-7-25)22-41-15-3-13-38-41/h3-15,20,23,30,36H,16-19,21-22H2,1-2H3,(H,35,37). The molecule has 1 saturated heterocycles. The summed E-state index contributed by atoms with van der Waals surface area (Å²) in [6, 6.07) is 20.6. The Balaban J connectivity index is 1.22. The van der Waals surface area contributed by atoms with E-state index in [9.17, 15) is 4.79 Å². The molecule has 2 aromatic carbocycles. The summed E-state index contributed by atoms with van der Waals surface area (Å²) >= 11 is 6.15. The first-order valence-electron chi connectivity index (χ1n) is 14.5. The van der Waals surface area contributed by atoms with Crippen molar-refractivity contribution in [3.05, 3.63) is 102 Å². The zero-order valence-electron chi connectivity index (χ0n) is 24.0. The average Bonchev–Trinajstić information content (AvgIpc) is 3.70. The molecule has 5 aromatic rings. The van der Waals surface area contributed by atoms with E-state index in [1.54, 1.807) is 6.20 Å². The Labute approximate surface area is 251 Å². The number of carbonyl (C=O) groups excluding carboxylic acids is 1. The van der Waals surface area contributed by atoms with Crippen molar-refractivity contribution in [2.24, 2.45) is 0 Å². The third kappa shape index (κ3) is 6.05. The molecule has 8 nitrogen and oxygen atoms in total. The minimum absolute atomic E-state index is 0.152. The highest BCUT2D eigenvalue weighted by Crippen LogP contribution is 2.37. The number of carbonyl (C=O) groups is 1. The van der Waals surface area contributed by atoms with Crippen LogP contribution in [0, 0.1) is 0 Å². The third-order valence-electron chi connectivity index (χ3n) is 7.94. The first-order chi connectivity index (χ1) is 20.5. The molecule has 1 aliphatic heterocycles. The molecule has 216 valence electrons. The zero-order chi connectivity index (χ0) is 29.1. The van der Waals surface area contributed by atoms with E-state index in [4.69, 9.17) is 16.6 Å². The van der Waals surface area contributed by atoms with E-state index in [2.05, 4.69) is 64.5 Å². The highest BCUT2D eigenvalue weighted by Gasteiger charge is 2.30. The molecule has 1 amide bonds. The van der Waals surface area contributed by atoms with Crippen molar-refractivity contribution in [3.8, 4) is 11.1 Å². The molecule has 1 atom stereocenters. The van der Waals surface area contributed by atoms with Crippen molar-refractivity contribution in [2.75, 3.05) is 37.6 Å². The lowest BCUT2D eigenvalue weighted by Gasteiger charge is -2.38. The van der Waals surface area contributed by atoms with Gasteiger partial charge in [-0.1, -0.05) is 61.8 Å². The second-order valence-corrected chi connectivity index (χ2v) is 11.6. The highest BCUT2D eigenvalue weighted by molar-refractivity contribution is 6.30. The normalized spacial score (nSPS) is 14.6. The summed E-state index contributed by atoms with van der Waals surface area (Å²) in [7, 11) is 0. The number of nitrogens with one attached hydrogen (secondary N) is 2. The maximum absolute atomic E-state index is 13.9. The lowest BCUT2D eigenvalue weighted by molar-refractivity contribution is -0.133. The van der Waals surface area contributed by atoms with Gasteiger partial charge in [0.2, 0.25) is 5.91 Å². The Kier molecular flexibility index (Phi) is 8.26. The minimum Gasteiger partial charge on any atom is -0.367 e. The number of pyridine rings is 1. The van der Waals surface area contributed by atoms with Crippen LogP contribution in [0.25, 0.3) is 22.2 Å². The van der Waals surface area contributed by atoms with Gasteiger partial charge in [-0.3, -0.25) is 9.48 Å². The van der Waals surface area contributed by atoms with Crippen molar-refractivity contribution < 1.29 is 4.79 Å². The number of rotatable bonds is 9.